The van der Waals surface area contributed by atoms with Crippen molar-refractivity contribution < 1.29 is 14.0 Å². The molecular weight excluding hydrogens is 431 g/mol. The molecule has 2 aromatic carbocycles. The predicted molar refractivity (Wildman–Crippen MR) is 120 cm³/mol. The Balaban J connectivity index is 1.53. The summed E-state index contributed by atoms with van der Waals surface area (Å²) in [6, 6.07) is 14.0. The van der Waals surface area contributed by atoms with Crippen LogP contribution in [0.4, 0.5) is 4.39 Å². The molecule has 1 fully saturated rings. The standard InChI is InChI=1S/C24H20ClFN4O2/c1-24(26)10-19(11-27)30(14-24)22(31)13-29-23(32)20-6-7-28-12-21(20)17-3-2-16-9-18(25)5-4-15(16)8-17/h2-9,12,19H,10,13-14H2,1H3,(H,29,32)/t19-,24?/m0/s1. The number of rotatable bonds is 4. The fourth-order valence-electron chi connectivity index (χ4n) is 3.98. The summed E-state index contributed by atoms with van der Waals surface area (Å²) in [5.74, 6) is -0.952. The molecule has 2 heterocycles. The maximum Gasteiger partial charge on any atom is 0.252 e. The van der Waals surface area contributed by atoms with Crippen LogP contribution in [0.5, 0.6) is 0 Å². The van der Waals surface area contributed by atoms with Gasteiger partial charge in [0.25, 0.3) is 5.91 Å². The third-order valence-corrected chi connectivity index (χ3v) is 5.78. The Morgan fingerprint density at radius 1 is 1.28 bits per heavy atom. The van der Waals surface area contributed by atoms with Crippen molar-refractivity contribution in [3.8, 4) is 17.2 Å². The lowest BCUT2D eigenvalue weighted by molar-refractivity contribution is -0.130. The van der Waals surface area contributed by atoms with Crippen molar-refractivity contribution >= 4 is 34.2 Å². The maximum atomic E-state index is 14.2. The number of nitrogens with one attached hydrogen (secondary N) is 1. The molecule has 0 bridgehead atoms. The lowest BCUT2D eigenvalue weighted by Gasteiger charge is -2.20. The van der Waals surface area contributed by atoms with Gasteiger partial charge < -0.3 is 10.2 Å². The van der Waals surface area contributed by atoms with E-state index in [1.165, 1.54) is 18.0 Å². The molecule has 2 atom stereocenters. The molecule has 0 radical (unpaired) electrons. The van der Waals surface area contributed by atoms with E-state index < -0.39 is 23.5 Å². The van der Waals surface area contributed by atoms with E-state index in [1.807, 2.05) is 36.4 Å². The molecule has 0 aliphatic carbocycles. The summed E-state index contributed by atoms with van der Waals surface area (Å²) in [6.07, 6.45) is 3.06. The summed E-state index contributed by atoms with van der Waals surface area (Å²) in [5, 5.41) is 14.4. The zero-order chi connectivity index (χ0) is 22.9. The third-order valence-electron chi connectivity index (χ3n) is 5.54. The van der Waals surface area contributed by atoms with Crippen LogP contribution in [0.2, 0.25) is 5.02 Å². The topological polar surface area (TPSA) is 86.1 Å². The summed E-state index contributed by atoms with van der Waals surface area (Å²) in [7, 11) is 0. The highest BCUT2D eigenvalue weighted by molar-refractivity contribution is 6.31. The number of alkyl halides is 1. The van der Waals surface area contributed by atoms with Crippen LogP contribution < -0.4 is 5.32 Å². The fraction of sp³-hybridized carbons (Fsp3) is 0.250. The third kappa shape index (κ3) is 4.41. The molecule has 1 saturated heterocycles. The van der Waals surface area contributed by atoms with E-state index in [-0.39, 0.29) is 19.5 Å². The average Bonchev–Trinajstić information content (AvgIpc) is 3.11. The first kappa shape index (κ1) is 21.7. The van der Waals surface area contributed by atoms with Gasteiger partial charge in [0, 0.05) is 29.4 Å². The highest BCUT2D eigenvalue weighted by Gasteiger charge is 2.43. The number of carbonyl (C=O) groups excluding carboxylic acids is 2. The van der Waals surface area contributed by atoms with Gasteiger partial charge >= 0.3 is 0 Å². The van der Waals surface area contributed by atoms with Crippen LogP contribution in [0.1, 0.15) is 23.7 Å². The quantitative estimate of drug-likeness (QED) is 0.647. The molecule has 2 amide bonds. The predicted octanol–water partition coefficient (Wildman–Crippen LogP) is 4.14. The minimum absolute atomic E-state index is 0.0368. The second-order valence-electron chi connectivity index (χ2n) is 8.09. The van der Waals surface area contributed by atoms with Crippen LogP contribution in [-0.4, -0.2) is 46.5 Å². The van der Waals surface area contributed by atoms with Gasteiger partial charge in [-0.15, -0.1) is 0 Å². The second-order valence-corrected chi connectivity index (χ2v) is 8.53. The number of hydrogen-bond acceptors (Lipinski definition) is 4. The SMILES string of the molecule is CC1(F)C[C@@H](C#N)N(C(=O)CNC(=O)c2ccncc2-c2ccc3cc(Cl)ccc3c2)C1. The van der Waals surface area contributed by atoms with Gasteiger partial charge in [0.1, 0.15) is 11.7 Å². The minimum Gasteiger partial charge on any atom is -0.343 e. The molecule has 32 heavy (non-hydrogen) atoms. The monoisotopic (exact) mass is 450 g/mol. The number of carbonyl (C=O) groups is 2. The van der Waals surface area contributed by atoms with Crippen LogP contribution in [0.15, 0.2) is 54.9 Å². The number of fused-ring (bicyclic) bond motifs is 1. The largest absolute Gasteiger partial charge is 0.343 e. The Labute approximate surface area is 189 Å². The van der Waals surface area contributed by atoms with Gasteiger partial charge in [-0.2, -0.15) is 5.26 Å². The second kappa shape index (κ2) is 8.56. The number of hydrogen-bond donors (Lipinski definition) is 1. The number of likely N-dealkylation sites (tertiary alicyclic amines) is 1. The number of amides is 2. The summed E-state index contributed by atoms with van der Waals surface area (Å²) < 4.78 is 14.2. The van der Waals surface area contributed by atoms with Crippen LogP contribution in [0, 0.1) is 11.3 Å². The number of nitriles is 1. The summed E-state index contributed by atoms with van der Waals surface area (Å²) in [6.45, 7) is 0.872. The molecule has 4 rings (SSSR count). The lowest BCUT2D eigenvalue weighted by atomic mass is 9.98. The minimum atomic E-state index is -1.61. The van der Waals surface area contributed by atoms with E-state index in [1.54, 1.807) is 18.3 Å². The molecule has 1 aliphatic heterocycles. The first-order valence-corrected chi connectivity index (χ1v) is 10.5. The lowest BCUT2D eigenvalue weighted by Crippen LogP contribution is -2.43. The first-order valence-electron chi connectivity index (χ1n) is 10.1. The Bertz CT molecular complexity index is 1250. The summed E-state index contributed by atoms with van der Waals surface area (Å²) in [5.41, 5.74) is 0.150. The molecule has 8 heteroatoms. The van der Waals surface area contributed by atoms with Crippen molar-refractivity contribution in [1.29, 1.82) is 5.26 Å². The fourth-order valence-corrected chi connectivity index (χ4v) is 4.16. The molecule has 1 N–H and O–H groups in total. The van der Waals surface area contributed by atoms with Crippen LogP contribution >= 0.6 is 11.6 Å². The van der Waals surface area contributed by atoms with Crippen LogP contribution in [0.25, 0.3) is 21.9 Å². The van der Waals surface area contributed by atoms with E-state index in [0.29, 0.717) is 16.1 Å². The molecule has 3 aromatic rings. The van der Waals surface area contributed by atoms with Gasteiger partial charge in [0.2, 0.25) is 5.91 Å². The normalized spacial score (nSPS) is 20.2. The van der Waals surface area contributed by atoms with Gasteiger partial charge in [0.15, 0.2) is 0 Å². The molecular formula is C24H20ClFN4O2. The van der Waals surface area contributed by atoms with Gasteiger partial charge in [0.05, 0.1) is 24.7 Å². The Kier molecular flexibility index (Phi) is 5.81. The van der Waals surface area contributed by atoms with E-state index in [9.17, 15) is 19.2 Å². The molecule has 0 saturated carbocycles. The molecule has 1 aromatic heterocycles. The van der Waals surface area contributed by atoms with E-state index in [4.69, 9.17) is 11.6 Å². The van der Waals surface area contributed by atoms with E-state index in [0.717, 1.165) is 16.3 Å². The molecule has 1 unspecified atom stereocenters. The van der Waals surface area contributed by atoms with Crippen molar-refractivity contribution in [2.24, 2.45) is 0 Å². The number of halogens is 2. The van der Waals surface area contributed by atoms with Gasteiger partial charge in [-0.1, -0.05) is 29.8 Å². The Hall–Kier alpha value is -3.50. The molecule has 1 aliphatic rings. The van der Waals surface area contributed by atoms with Crippen molar-refractivity contribution in [2.45, 2.75) is 25.1 Å². The average molecular weight is 451 g/mol. The van der Waals surface area contributed by atoms with Crippen molar-refractivity contribution in [2.75, 3.05) is 13.1 Å². The van der Waals surface area contributed by atoms with Crippen LogP contribution in [-0.2, 0) is 4.79 Å². The number of pyridine rings is 1. The van der Waals surface area contributed by atoms with E-state index in [2.05, 4.69) is 10.3 Å². The zero-order valence-corrected chi connectivity index (χ0v) is 18.1. The number of nitrogens with zero attached hydrogens (tertiary/aromatic N) is 3. The van der Waals surface area contributed by atoms with Gasteiger partial charge in [-0.05, 0) is 47.5 Å². The zero-order valence-electron chi connectivity index (χ0n) is 17.3. The van der Waals surface area contributed by atoms with Gasteiger partial charge in [-0.25, -0.2) is 4.39 Å². The van der Waals surface area contributed by atoms with Crippen molar-refractivity contribution in [3.05, 3.63) is 65.4 Å². The highest BCUT2D eigenvalue weighted by atomic mass is 35.5. The molecule has 0 spiro atoms. The summed E-state index contributed by atoms with van der Waals surface area (Å²) >= 11 is 6.05. The molecule has 6 nitrogen and oxygen atoms in total. The highest BCUT2D eigenvalue weighted by Crippen LogP contribution is 2.30. The smallest absolute Gasteiger partial charge is 0.252 e. The number of benzene rings is 2. The van der Waals surface area contributed by atoms with Gasteiger partial charge in [-0.3, -0.25) is 14.6 Å². The number of aromatic nitrogens is 1. The Morgan fingerprint density at radius 2 is 2.03 bits per heavy atom. The maximum absolute atomic E-state index is 14.2. The Morgan fingerprint density at radius 3 is 2.81 bits per heavy atom. The first-order chi connectivity index (χ1) is 15.3. The van der Waals surface area contributed by atoms with Crippen molar-refractivity contribution in [1.82, 2.24) is 15.2 Å². The molecule has 162 valence electrons. The summed E-state index contributed by atoms with van der Waals surface area (Å²) in [4.78, 5) is 30.7. The van der Waals surface area contributed by atoms with E-state index >= 15 is 0 Å². The van der Waals surface area contributed by atoms with Crippen molar-refractivity contribution in [3.63, 3.8) is 0 Å². The van der Waals surface area contributed by atoms with Crippen LogP contribution in [0.3, 0.4) is 0 Å².